The first-order valence-electron chi connectivity index (χ1n) is 6.60. The van der Waals surface area contributed by atoms with Gasteiger partial charge in [0, 0.05) is 6.54 Å². The van der Waals surface area contributed by atoms with Gasteiger partial charge < -0.3 is 10.4 Å². The van der Waals surface area contributed by atoms with E-state index in [0.717, 1.165) is 27.5 Å². The van der Waals surface area contributed by atoms with Crippen LogP contribution in [0.3, 0.4) is 0 Å². The van der Waals surface area contributed by atoms with Crippen LogP contribution in [0.5, 0.6) is 0 Å². The van der Waals surface area contributed by atoms with E-state index >= 15 is 0 Å². The van der Waals surface area contributed by atoms with E-state index in [2.05, 4.69) is 22.4 Å². The third-order valence-corrected chi connectivity index (χ3v) is 4.07. The van der Waals surface area contributed by atoms with E-state index in [0.29, 0.717) is 0 Å². The van der Waals surface area contributed by atoms with Gasteiger partial charge in [0.2, 0.25) is 0 Å². The van der Waals surface area contributed by atoms with Gasteiger partial charge in [-0.25, -0.2) is 4.98 Å². The molecule has 0 bridgehead atoms. The Labute approximate surface area is 126 Å². The second-order valence-electron chi connectivity index (χ2n) is 4.73. The predicted molar refractivity (Wildman–Crippen MR) is 84.7 cm³/mol. The lowest BCUT2D eigenvalue weighted by Gasteiger charge is -2.01. The highest BCUT2D eigenvalue weighted by Gasteiger charge is 2.06. The maximum Gasteiger partial charge on any atom is 0.307 e. The Morgan fingerprint density at radius 2 is 1.95 bits per heavy atom. The number of rotatable bonds is 5. The minimum atomic E-state index is -0.818. The number of carbonyl (C=O) groups is 1. The van der Waals surface area contributed by atoms with Gasteiger partial charge >= 0.3 is 5.97 Å². The number of aromatic nitrogens is 1. The molecule has 1 heterocycles. The fourth-order valence-corrected chi connectivity index (χ4v) is 3.03. The van der Waals surface area contributed by atoms with Crippen LogP contribution in [0.4, 0.5) is 5.13 Å². The summed E-state index contributed by atoms with van der Waals surface area (Å²) in [6.45, 7) is 0.725. The highest BCUT2D eigenvalue weighted by atomic mass is 32.1. The van der Waals surface area contributed by atoms with E-state index in [4.69, 9.17) is 5.11 Å². The number of carboxylic acids is 1. The zero-order chi connectivity index (χ0) is 14.7. The van der Waals surface area contributed by atoms with E-state index in [9.17, 15) is 4.79 Å². The largest absolute Gasteiger partial charge is 0.481 e. The van der Waals surface area contributed by atoms with Crippen LogP contribution in [0.25, 0.3) is 10.2 Å². The lowest BCUT2D eigenvalue weighted by molar-refractivity contribution is -0.136. The van der Waals surface area contributed by atoms with Gasteiger partial charge in [-0.05, 0) is 23.3 Å². The van der Waals surface area contributed by atoms with Crippen LogP contribution in [-0.2, 0) is 17.8 Å². The highest BCUT2D eigenvalue weighted by molar-refractivity contribution is 7.22. The third-order valence-electron chi connectivity index (χ3n) is 3.09. The van der Waals surface area contributed by atoms with Crippen molar-refractivity contribution in [1.82, 2.24) is 4.98 Å². The van der Waals surface area contributed by atoms with Gasteiger partial charge in [-0.2, -0.15) is 0 Å². The number of carboxylic acid groups (broad SMARTS) is 1. The van der Waals surface area contributed by atoms with Crippen molar-refractivity contribution in [1.29, 1.82) is 0 Å². The molecule has 3 rings (SSSR count). The summed E-state index contributed by atoms with van der Waals surface area (Å²) in [7, 11) is 0. The number of aliphatic carboxylic acids is 1. The first-order chi connectivity index (χ1) is 10.2. The number of hydrogen-bond donors (Lipinski definition) is 2. The molecule has 106 valence electrons. The van der Waals surface area contributed by atoms with Crippen LogP contribution in [0.15, 0.2) is 48.5 Å². The monoisotopic (exact) mass is 298 g/mol. The molecule has 0 aliphatic heterocycles. The van der Waals surface area contributed by atoms with Gasteiger partial charge in [0.25, 0.3) is 0 Å². The predicted octanol–water partition coefficient (Wildman–Crippen LogP) is 3.54. The molecular weight excluding hydrogens is 284 g/mol. The van der Waals surface area contributed by atoms with E-state index in [1.807, 2.05) is 36.4 Å². The van der Waals surface area contributed by atoms with Gasteiger partial charge in [-0.15, -0.1) is 0 Å². The standard InChI is InChI=1S/C16H14N2O2S/c19-15(20)9-12-6-7-13-14(8-12)21-16(18-13)17-10-11-4-2-1-3-5-11/h1-8H,9-10H2,(H,17,18)(H,19,20). The molecule has 4 nitrogen and oxygen atoms in total. The smallest absolute Gasteiger partial charge is 0.307 e. The van der Waals surface area contributed by atoms with Gasteiger partial charge in [0.15, 0.2) is 5.13 Å². The number of fused-ring (bicyclic) bond motifs is 1. The molecule has 0 amide bonds. The molecule has 2 N–H and O–H groups in total. The molecule has 0 spiro atoms. The number of anilines is 1. The summed E-state index contributed by atoms with van der Waals surface area (Å²) < 4.78 is 1.00. The summed E-state index contributed by atoms with van der Waals surface area (Å²) in [6.07, 6.45) is 0.0423. The zero-order valence-electron chi connectivity index (χ0n) is 11.2. The first kappa shape index (κ1) is 13.6. The highest BCUT2D eigenvalue weighted by Crippen LogP contribution is 2.27. The molecule has 0 aliphatic carbocycles. The minimum Gasteiger partial charge on any atom is -0.481 e. The molecule has 3 aromatic rings. The van der Waals surface area contributed by atoms with Crippen molar-refractivity contribution < 1.29 is 9.90 Å². The number of hydrogen-bond acceptors (Lipinski definition) is 4. The summed E-state index contributed by atoms with van der Waals surface area (Å²) in [5.74, 6) is -0.818. The number of thiazole rings is 1. The molecule has 0 radical (unpaired) electrons. The molecule has 0 saturated carbocycles. The first-order valence-corrected chi connectivity index (χ1v) is 7.41. The maximum atomic E-state index is 10.7. The van der Waals surface area contributed by atoms with Crippen molar-refractivity contribution in [2.24, 2.45) is 0 Å². The van der Waals surface area contributed by atoms with E-state index in [-0.39, 0.29) is 6.42 Å². The Morgan fingerprint density at radius 1 is 1.14 bits per heavy atom. The van der Waals surface area contributed by atoms with E-state index in [1.165, 1.54) is 5.56 Å². The molecule has 5 heteroatoms. The van der Waals surface area contributed by atoms with Crippen molar-refractivity contribution in [3.8, 4) is 0 Å². The molecule has 0 atom stereocenters. The second-order valence-corrected chi connectivity index (χ2v) is 5.76. The fraction of sp³-hybridized carbons (Fsp3) is 0.125. The third kappa shape index (κ3) is 3.38. The zero-order valence-corrected chi connectivity index (χ0v) is 12.1. The SMILES string of the molecule is O=C(O)Cc1ccc2nc(NCc3ccccc3)sc2c1. The van der Waals surface area contributed by atoms with Crippen molar-refractivity contribution in [2.75, 3.05) is 5.32 Å². The van der Waals surface area contributed by atoms with E-state index in [1.54, 1.807) is 11.3 Å². The molecule has 0 fully saturated rings. The molecule has 0 saturated heterocycles. The number of nitrogens with zero attached hydrogens (tertiary/aromatic N) is 1. The average molecular weight is 298 g/mol. The number of nitrogens with one attached hydrogen (secondary N) is 1. The molecule has 0 unspecified atom stereocenters. The second kappa shape index (κ2) is 5.93. The molecule has 2 aromatic carbocycles. The van der Waals surface area contributed by atoms with Crippen molar-refractivity contribution in [2.45, 2.75) is 13.0 Å². The number of benzene rings is 2. The normalized spacial score (nSPS) is 10.7. The van der Waals surface area contributed by atoms with E-state index < -0.39 is 5.97 Å². The summed E-state index contributed by atoms with van der Waals surface area (Å²) in [6, 6.07) is 15.7. The van der Waals surface area contributed by atoms with Gasteiger partial charge in [0.05, 0.1) is 16.6 Å². The minimum absolute atomic E-state index is 0.0423. The van der Waals surface area contributed by atoms with Crippen LogP contribution in [0, 0.1) is 0 Å². The Hall–Kier alpha value is -2.40. The molecule has 1 aromatic heterocycles. The van der Waals surface area contributed by atoms with Crippen LogP contribution in [0.1, 0.15) is 11.1 Å². The Balaban J connectivity index is 1.76. The molecule has 21 heavy (non-hydrogen) atoms. The summed E-state index contributed by atoms with van der Waals surface area (Å²) in [5, 5.41) is 13.0. The molecular formula is C16H14N2O2S. The summed E-state index contributed by atoms with van der Waals surface area (Å²) >= 11 is 1.54. The average Bonchev–Trinajstić information content (AvgIpc) is 2.88. The lowest BCUT2D eigenvalue weighted by Crippen LogP contribution is -1.99. The van der Waals surface area contributed by atoms with Crippen LogP contribution in [-0.4, -0.2) is 16.1 Å². The maximum absolute atomic E-state index is 10.7. The Morgan fingerprint density at radius 3 is 2.71 bits per heavy atom. The van der Waals surface area contributed by atoms with Crippen LogP contribution < -0.4 is 5.32 Å². The van der Waals surface area contributed by atoms with Gasteiger partial charge in [-0.3, -0.25) is 4.79 Å². The van der Waals surface area contributed by atoms with Crippen LogP contribution >= 0.6 is 11.3 Å². The van der Waals surface area contributed by atoms with Crippen molar-refractivity contribution in [3.63, 3.8) is 0 Å². The Kier molecular flexibility index (Phi) is 3.83. The van der Waals surface area contributed by atoms with Gasteiger partial charge in [-0.1, -0.05) is 47.7 Å². The molecule has 0 aliphatic rings. The summed E-state index contributed by atoms with van der Waals surface area (Å²) in [4.78, 5) is 15.3. The van der Waals surface area contributed by atoms with Crippen molar-refractivity contribution >= 4 is 32.7 Å². The quantitative estimate of drug-likeness (QED) is 0.756. The fourth-order valence-electron chi connectivity index (χ4n) is 2.10. The topological polar surface area (TPSA) is 62.2 Å². The van der Waals surface area contributed by atoms with Crippen LogP contribution in [0.2, 0.25) is 0 Å². The van der Waals surface area contributed by atoms with Gasteiger partial charge in [0.1, 0.15) is 0 Å². The van der Waals surface area contributed by atoms with Crippen molar-refractivity contribution in [3.05, 3.63) is 59.7 Å². The summed E-state index contributed by atoms with van der Waals surface area (Å²) in [5.41, 5.74) is 2.89. The Bertz CT molecular complexity index is 768. The lowest BCUT2D eigenvalue weighted by atomic mass is 10.1.